The first-order valence-electron chi connectivity index (χ1n) is 9.07. The zero-order valence-corrected chi connectivity index (χ0v) is 15.6. The molecular weight excluding hydrogens is 370 g/mol. The number of fused-ring (bicyclic) bond motifs is 1. The number of ether oxygens (including phenoxy) is 2. The van der Waals surface area contributed by atoms with Gasteiger partial charge in [-0.05, 0) is 35.6 Å². The molecule has 4 aromatic rings. The van der Waals surface area contributed by atoms with E-state index in [4.69, 9.17) is 9.47 Å². The molecule has 7 heteroatoms. The second-order valence-corrected chi connectivity index (χ2v) is 6.27. The van der Waals surface area contributed by atoms with Gasteiger partial charge < -0.3 is 9.47 Å². The van der Waals surface area contributed by atoms with Gasteiger partial charge in [0, 0.05) is 5.39 Å². The smallest absolute Gasteiger partial charge is 0.393 e. The van der Waals surface area contributed by atoms with Gasteiger partial charge in [0.1, 0.15) is 17.8 Å². The number of nitrogens with zero attached hydrogens (tertiary/aromatic N) is 3. The molecule has 0 N–H and O–H groups in total. The molecule has 0 aliphatic heterocycles. The minimum absolute atomic E-state index is 0.176. The Hall–Kier alpha value is -4.00. The summed E-state index contributed by atoms with van der Waals surface area (Å²) in [6.07, 6.45) is 2.07. The van der Waals surface area contributed by atoms with Crippen molar-refractivity contribution in [2.45, 2.75) is 13.3 Å². The first-order chi connectivity index (χ1) is 14.2. The molecule has 0 spiro atoms. The van der Waals surface area contributed by atoms with Crippen LogP contribution in [0.25, 0.3) is 10.8 Å². The lowest BCUT2D eigenvalue weighted by atomic mass is 10.1. The maximum Gasteiger partial charge on any atom is 0.393 e. The van der Waals surface area contributed by atoms with Crippen LogP contribution in [0.15, 0.2) is 73.1 Å². The Balaban J connectivity index is 1.72. The molecule has 0 bridgehead atoms. The number of benzene rings is 3. The predicted octanol–water partition coefficient (Wildman–Crippen LogP) is 5.69. The minimum atomic E-state index is -0.601. The van der Waals surface area contributed by atoms with Crippen LogP contribution in [-0.4, -0.2) is 14.9 Å². The fraction of sp³-hybridized carbons (Fsp3) is 0.0909. The fourth-order valence-electron chi connectivity index (χ4n) is 2.95. The first-order valence-corrected chi connectivity index (χ1v) is 9.07. The van der Waals surface area contributed by atoms with Crippen molar-refractivity contribution in [3.63, 3.8) is 0 Å². The monoisotopic (exact) mass is 387 g/mol. The van der Waals surface area contributed by atoms with E-state index in [1.165, 1.54) is 6.33 Å². The number of rotatable bonds is 6. The van der Waals surface area contributed by atoms with Crippen LogP contribution in [-0.2, 0) is 6.42 Å². The Kier molecular flexibility index (Phi) is 5.03. The van der Waals surface area contributed by atoms with Gasteiger partial charge in [-0.25, -0.2) is 0 Å². The van der Waals surface area contributed by atoms with Gasteiger partial charge >= 0.3 is 17.4 Å². The molecule has 144 valence electrons. The van der Waals surface area contributed by atoms with Crippen molar-refractivity contribution >= 4 is 16.5 Å². The summed E-state index contributed by atoms with van der Waals surface area (Å²) in [7, 11) is 0. The number of aromatic nitrogens is 2. The van der Waals surface area contributed by atoms with Crippen molar-refractivity contribution < 1.29 is 14.4 Å². The van der Waals surface area contributed by atoms with Crippen molar-refractivity contribution in [1.29, 1.82) is 0 Å². The van der Waals surface area contributed by atoms with E-state index in [1.54, 1.807) is 18.2 Å². The highest BCUT2D eigenvalue weighted by molar-refractivity contribution is 5.88. The van der Waals surface area contributed by atoms with Crippen molar-refractivity contribution in [3.05, 3.63) is 88.7 Å². The fourth-order valence-corrected chi connectivity index (χ4v) is 2.95. The zero-order chi connectivity index (χ0) is 20.2. The summed E-state index contributed by atoms with van der Waals surface area (Å²) in [4.78, 5) is 19.1. The van der Waals surface area contributed by atoms with E-state index in [0.717, 1.165) is 22.8 Å². The summed E-state index contributed by atoms with van der Waals surface area (Å²) in [6.45, 7) is 2.04. The topological polar surface area (TPSA) is 87.4 Å². The summed E-state index contributed by atoms with van der Waals surface area (Å²) in [5.41, 5.74) is 0.703. The van der Waals surface area contributed by atoms with Crippen molar-refractivity contribution in [2.24, 2.45) is 0 Å². The first kappa shape index (κ1) is 18.4. The molecule has 0 fully saturated rings. The molecule has 0 saturated carbocycles. The molecule has 0 unspecified atom stereocenters. The Morgan fingerprint density at radius 2 is 1.59 bits per heavy atom. The third-order valence-electron chi connectivity index (χ3n) is 4.44. The standard InChI is InChI=1S/C22H17N3O4/c1-2-15-10-12-17(13-11-15)28-21-20(25(26)27)22(24-14-23-21)29-19-9-5-7-16-6-3-4-8-18(16)19/h3-14H,2H2,1H3. The van der Waals surface area contributed by atoms with Gasteiger partial charge in [-0.2, -0.15) is 9.97 Å². The van der Waals surface area contributed by atoms with E-state index >= 15 is 0 Å². The zero-order valence-electron chi connectivity index (χ0n) is 15.6. The Morgan fingerprint density at radius 3 is 2.31 bits per heavy atom. The van der Waals surface area contributed by atoms with Crippen LogP contribution in [0.4, 0.5) is 5.69 Å². The van der Waals surface area contributed by atoms with Crippen molar-refractivity contribution in [3.8, 4) is 23.3 Å². The normalized spacial score (nSPS) is 10.7. The maximum absolute atomic E-state index is 11.8. The van der Waals surface area contributed by atoms with Gasteiger partial charge in [0.05, 0.1) is 4.92 Å². The van der Waals surface area contributed by atoms with Crippen LogP contribution in [0, 0.1) is 10.1 Å². The van der Waals surface area contributed by atoms with E-state index in [9.17, 15) is 10.1 Å². The SMILES string of the molecule is CCc1ccc(Oc2ncnc(Oc3cccc4ccccc34)c2[N+](=O)[O-])cc1. The summed E-state index contributed by atoms with van der Waals surface area (Å²) < 4.78 is 11.5. The van der Waals surface area contributed by atoms with Gasteiger partial charge in [0.15, 0.2) is 0 Å². The third kappa shape index (κ3) is 3.84. The lowest BCUT2D eigenvalue weighted by molar-refractivity contribution is -0.387. The van der Waals surface area contributed by atoms with Crippen molar-refractivity contribution in [1.82, 2.24) is 9.97 Å². The van der Waals surface area contributed by atoms with Gasteiger partial charge in [-0.3, -0.25) is 10.1 Å². The molecule has 3 aromatic carbocycles. The number of aryl methyl sites for hydroxylation is 1. The minimum Gasteiger partial charge on any atom is -0.433 e. The van der Waals surface area contributed by atoms with E-state index < -0.39 is 10.6 Å². The number of hydrogen-bond acceptors (Lipinski definition) is 6. The molecule has 1 aromatic heterocycles. The summed E-state index contributed by atoms with van der Waals surface area (Å²) in [5.74, 6) is 0.550. The van der Waals surface area contributed by atoms with Gasteiger partial charge in [0.25, 0.3) is 0 Å². The van der Waals surface area contributed by atoms with E-state index in [-0.39, 0.29) is 11.8 Å². The third-order valence-corrected chi connectivity index (χ3v) is 4.44. The van der Waals surface area contributed by atoms with Gasteiger partial charge in [0.2, 0.25) is 0 Å². The molecule has 1 heterocycles. The second kappa shape index (κ2) is 7.93. The van der Waals surface area contributed by atoms with Crippen LogP contribution in [0.1, 0.15) is 12.5 Å². The molecule has 0 aliphatic rings. The molecule has 0 aliphatic carbocycles. The summed E-state index contributed by atoms with van der Waals surface area (Å²) >= 11 is 0. The molecular formula is C22H17N3O4. The Morgan fingerprint density at radius 1 is 0.897 bits per heavy atom. The van der Waals surface area contributed by atoms with Crippen LogP contribution >= 0.6 is 0 Å². The molecule has 29 heavy (non-hydrogen) atoms. The molecule has 0 atom stereocenters. The van der Waals surface area contributed by atoms with Crippen molar-refractivity contribution in [2.75, 3.05) is 0 Å². The summed E-state index contributed by atoms with van der Waals surface area (Å²) in [5, 5.41) is 13.5. The second-order valence-electron chi connectivity index (χ2n) is 6.27. The predicted molar refractivity (Wildman–Crippen MR) is 109 cm³/mol. The highest BCUT2D eigenvalue weighted by Gasteiger charge is 2.27. The quantitative estimate of drug-likeness (QED) is 0.312. The number of hydrogen-bond donors (Lipinski definition) is 0. The molecule has 0 amide bonds. The largest absolute Gasteiger partial charge is 0.433 e. The van der Waals surface area contributed by atoms with E-state index in [0.29, 0.717) is 11.5 Å². The lowest BCUT2D eigenvalue weighted by Crippen LogP contribution is -2.01. The lowest BCUT2D eigenvalue weighted by Gasteiger charge is -2.10. The van der Waals surface area contributed by atoms with E-state index in [2.05, 4.69) is 9.97 Å². The maximum atomic E-state index is 11.8. The number of nitro groups is 1. The molecule has 0 radical (unpaired) electrons. The molecule has 7 nitrogen and oxygen atoms in total. The highest BCUT2D eigenvalue weighted by atomic mass is 16.6. The highest BCUT2D eigenvalue weighted by Crippen LogP contribution is 2.39. The van der Waals surface area contributed by atoms with Gasteiger partial charge in [-0.1, -0.05) is 55.5 Å². The molecule has 4 rings (SSSR count). The van der Waals surface area contributed by atoms with Crippen LogP contribution in [0.2, 0.25) is 0 Å². The van der Waals surface area contributed by atoms with Crippen LogP contribution < -0.4 is 9.47 Å². The Bertz CT molecular complexity index is 1170. The van der Waals surface area contributed by atoms with E-state index in [1.807, 2.05) is 55.5 Å². The average molecular weight is 387 g/mol. The average Bonchev–Trinajstić information content (AvgIpc) is 2.74. The van der Waals surface area contributed by atoms with Gasteiger partial charge in [-0.15, -0.1) is 0 Å². The molecule has 0 saturated heterocycles. The Labute approximate surface area is 166 Å². The van der Waals surface area contributed by atoms with Crippen LogP contribution in [0.3, 0.4) is 0 Å². The summed E-state index contributed by atoms with van der Waals surface area (Å²) in [6, 6.07) is 20.4. The van der Waals surface area contributed by atoms with Crippen LogP contribution in [0.5, 0.6) is 23.3 Å².